The molecule has 4 nitrogen and oxygen atoms in total. The standard InChI is InChI=1S/C7H8O.C5H10O3.Ca.2H/c1-6-4-2-3-5-7(6)8;1-2-3-4-8-5(6)7;;;/h2-5,8H,1H3;2-4H2,1H3,(H,6,7);;;. The summed E-state index contributed by atoms with van der Waals surface area (Å²) in [7, 11) is 0. The Hall–Kier alpha value is -0.450. The van der Waals surface area contributed by atoms with Gasteiger partial charge in [-0.25, -0.2) is 4.79 Å². The summed E-state index contributed by atoms with van der Waals surface area (Å²) in [6.07, 6.45) is 0.595. The Labute approximate surface area is 132 Å². The molecule has 0 atom stereocenters. The molecule has 0 saturated carbocycles. The molecule has 0 aliphatic carbocycles. The quantitative estimate of drug-likeness (QED) is 0.501. The molecule has 0 spiro atoms. The predicted molar refractivity (Wildman–Crippen MR) is 70.3 cm³/mol. The molecule has 0 amide bonds. The van der Waals surface area contributed by atoms with Crippen LogP contribution in [0.5, 0.6) is 5.75 Å². The Kier molecular flexibility index (Phi) is 13.4. The van der Waals surface area contributed by atoms with Gasteiger partial charge in [-0.3, -0.25) is 0 Å². The Morgan fingerprint density at radius 3 is 2.29 bits per heavy atom. The summed E-state index contributed by atoms with van der Waals surface area (Å²) in [5.74, 6) is 0.368. The summed E-state index contributed by atoms with van der Waals surface area (Å²) < 4.78 is 4.20. The van der Waals surface area contributed by atoms with E-state index >= 15 is 0 Å². The number of hydrogen-bond acceptors (Lipinski definition) is 3. The molecule has 0 aromatic heterocycles. The summed E-state index contributed by atoms with van der Waals surface area (Å²) >= 11 is 0. The van der Waals surface area contributed by atoms with Crippen molar-refractivity contribution in [1.29, 1.82) is 0 Å². The average Bonchev–Trinajstić information content (AvgIpc) is 2.23. The van der Waals surface area contributed by atoms with E-state index in [0.717, 1.165) is 18.4 Å². The molecule has 1 aromatic carbocycles. The number of phenols is 1. The van der Waals surface area contributed by atoms with Crippen molar-refractivity contribution in [3.63, 3.8) is 0 Å². The van der Waals surface area contributed by atoms with Gasteiger partial charge in [-0.2, -0.15) is 0 Å². The molecule has 1 aromatic rings. The first-order valence-corrected chi connectivity index (χ1v) is 5.18. The zero-order chi connectivity index (χ0) is 12.4. The number of benzene rings is 1. The van der Waals surface area contributed by atoms with Crippen LogP contribution in [0.3, 0.4) is 0 Å². The zero-order valence-electron chi connectivity index (χ0n) is 9.64. The van der Waals surface area contributed by atoms with Crippen molar-refractivity contribution in [2.75, 3.05) is 6.61 Å². The fraction of sp³-hybridized carbons (Fsp3) is 0.417. The van der Waals surface area contributed by atoms with Gasteiger partial charge in [0.15, 0.2) is 0 Å². The SMILES string of the molecule is CCCCOC(=O)O.Cc1ccccc1O.[CaH2]. The molecule has 0 aliphatic heterocycles. The van der Waals surface area contributed by atoms with Gasteiger partial charge < -0.3 is 14.9 Å². The van der Waals surface area contributed by atoms with Crippen LogP contribution in [0.4, 0.5) is 4.79 Å². The fourth-order valence-corrected chi connectivity index (χ4v) is 0.867. The first kappa shape index (κ1) is 18.9. The molecule has 1 rings (SSSR count). The van der Waals surface area contributed by atoms with Crippen molar-refractivity contribution in [3.8, 4) is 5.75 Å². The van der Waals surface area contributed by atoms with Crippen molar-refractivity contribution in [3.05, 3.63) is 29.8 Å². The van der Waals surface area contributed by atoms with Crippen LogP contribution in [0.25, 0.3) is 0 Å². The first-order chi connectivity index (χ1) is 7.57. The first-order valence-electron chi connectivity index (χ1n) is 5.18. The Balaban J connectivity index is 0. The molecule has 0 saturated heterocycles. The van der Waals surface area contributed by atoms with E-state index in [-0.39, 0.29) is 37.7 Å². The van der Waals surface area contributed by atoms with Crippen LogP contribution in [-0.2, 0) is 4.74 Å². The third-order valence-corrected chi connectivity index (χ3v) is 1.84. The third-order valence-electron chi connectivity index (χ3n) is 1.84. The van der Waals surface area contributed by atoms with E-state index in [0.29, 0.717) is 12.4 Å². The minimum absolute atomic E-state index is 0. The number of hydrogen-bond donors (Lipinski definition) is 2. The van der Waals surface area contributed by atoms with E-state index in [1.807, 2.05) is 32.0 Å². The second kappa shape index (κ2) is 12.0. The number of unbranched alkanes of at least 4 members (excludes halogenated alkanes) is 1. The molecule has 17 heavy (non-hydrogen) atoms. The van der Waals surface area contributed by atoms with Crippen molar-refractivity contribution < 1.29 is 19.7 Å². The van der Waals surface area contributed by atoms with Gasteiger partial charge in [0.2, 0.25) is 0 Å². The van der Waals surface area contributed by atoms with Gasteiger partial charge in [0.1, 0.15) is 5.75 Å². The molecular formula is C12H20CaO4. The van der Waals surface area contributed by atoms with Crippen molar-refractivity contribution in [2.24, 2.45) is 0 Å². The molecule has 0 aliphatic rings. The molecule has 0 unspecified atom stereocenters. The summed E-state index contributed by atoms with van der Waals surface area (Å²) in [5, 5.41) is 16.8. The van der Waals surface area contributed by atoms with E-state index < -0.39 is 6.16 Å². The van der Waals surface area contributed by atoms with Crippen molar-refractivity contribution in [2.45, 2.75) is 26.7 Å². The number of phenolic OH excluding ortho intramolecular Hbond substituents is 1. The van der Waals surface area contributed by atoms with Gasteiger partial charge in [0.05, 0.1) is 6.61 Å². The molecule has 0 radical (unpaired) electrons. The van der Waals surface area contributed by atoms with E-state index in [9.17, 15) is 4.79 Å². The summed E-state index contributed by atoms with van der Waals surface area (Å²) in [5.41, 5.74) is 0.924. The van der Waals surface area contributed by atoms with E-state index in [4.69, 9.17) is 10.2 Å². The second-order valence-electron chi connectivity index (χ2n) is 3.25. The van der Waals surface area contributed by atoms with Gasteiger partial charge in [0, 0.05) is 0 Å². The van der Waals surface area contributed by atoms with Crippen LogP contribution in [0.2, 0.25) is 0 Å². The molecule has 5 heteroatoms. The van der Waals surface area contributed by atoms with E-state index in [1.165, 1.54) is 0 Å². The summed E-state index contributed by atoms with van der Waals surface area (Å²) in [4.78, 5) is 9.65. The zero-order valence-corrected chi connectivity index (χ0v) is 9.64. The van der Waals surface area contributed by atoms with Gasteiger partial charge in [-0.1, -0.05) is 31.5 Å². The van der Waals surface area contributed by atoms with Crippen molar-refractivity contribution in [1.82, 2.24) is 0 Å². The van der Waals surface area contributed by atoms with Crippen LogP contribution in [0.1, 0.15) is 25.3 Å². The Morgan fingerprint density at radius 1 is 1.35 bits per heavy atom. The second-order valence-corrected chi connectivity index (χ2v) is 3.25. The normalized spacial score (nSPS) is 8.35. The van der Waals surface area contributed by atoms with E-state index in [1.54, 1.807) is 6.07 Å². The van der Waals surface area contributed by atoms with Gasteiger partial charge in [-0.05, 0) is 25.0 Å². The molecule has 0 heterocycles. The van der Waals surface area contributed by atoms with Crippen LogP contribution in [-0.4, -0.2) is 60.7 Å². The van der Waals surface area contributed by atoms with Crippen LogP contribution in [0, 0.1) is 6.92 Å². The van der Waals surface area contributed by atoms with Gasteiger partial charge in [0.25, 0.3) is 0 Å². The van der Waals surface area contributed by atoms with Crippen molar-refractivity contribution >= 4 is 43.9 Å². The number of aromatic hydroxyl groups is 1. The molecular weight excluding hydrogens is 248 g/mol. The third kappa shape index (κ3) is 11.8. The van der Waals surface area contributed by atoms with Gasteiger partial charge in [-0.15, -0.1) is 0 Å². The molecule has 0 bridgehead atoms. The average molecular weight is 268 g/mol. The molecule has 2 N–H and O–H groups in total. The number of para-hydroxylation sites is 1. The van der Waals surface area contributed by atoms with Crippen LogP contribution < -0.4 is 0 Å². The fourth-order valence-electron chi connectivity index (χ4n) is 0.867. The summed E-state index contributed by atoms with van der Waals surface area (Å²) in [6.45, 7) is 4.17. The minimum atomic E-state index is -1.18. The van der Waals surface area contributed by atoms with E-state index in [2.05, 4.69) is 4.74 Å². The molecule has 94 valence electrons. The van der Waals surface area contributed by atoms with Gasteiger partial charge >= 0.3 is 43.9 Å². The number of rotatable bonds is 3. The number of ether oxygens (including phenoxy) is 1. The van der Waals surface area contributed by atoms with Crippen LogP contribution in [0.15, 0.2) is 24.3 Å². The maximum absolute atomic E-state index is 9.65. The number of aryl methyl sites for hydroxylation is 1. The topological polar surface area (TPSA) is 66.8 Å². The maximum atomic E-state index is 9.65. The predicted octanol–water partition coefficient (Wildman–Crippen LogP) is 2.27. The number of carboxylic acid groups (broad SMARTS) is 1. The Morgan fingerprint density at radius 2 is 1.94 bits per heavy atom. The summed E-state index contributed by atoms with van der Waals surface area (Å²) in [6, 6.07) is 7.25. The molecule has 0 fully saturated rings. The Bertz CT molecular complexity index is 294. The number of carbonyl (C=O) groups is 1. The monoisotopic (exact) mass is 268 g/mol. The van der Waals surface area contributed by atoms with Crippen LogP contribution >= 0.6 is 0 Å².